The molecular formula is C31H29N4P3. The summed E-state index contributed by atoms with van der Waals surface area (Å²) in [6.07, 6.45) is 0. The molecule has 0 saturated heterocycles. The second-order valence-electron chi connectivity index (χ2n) is 9.20. The van der Waals surface area contributed by atoms with Gasteiger partial charge in [-0.05, 0) is 12.1 Å². The van der Waals surface area contributed by atoms with Crippen LogP contribution < -0.4 is 26.3 Å². The summed E-state index contributed by atoms with van der Waals surface area (Å²) >= 11 is 0. The molecule has 1 heterocycles. The Labute approximate surface area is 225 Å². The molecule has 1 aliphatic heterocycles. The Hall–Kier alpha value is -3.41. The smallest absolute Gasteiger partial charge is 0.164 e. The first kappa shape index (κ1) is 24.9. The van der Waals surface area contributed by atoms with E-state index in [4.69, 9.17) is 13.5 Å². The Morgan fingerprint density at radius 3 is 1.08 bits per heavy atom. The van der Waals surface area contributed by atoms with Crippen molar-refractivity contribution >= 4 is 48.7 Å². The summed E-state index contributed by atoms with van der Waals surface area (Å²) in [5.74, 6) is 0. The largest absolute Gasteiger partial charge is 0.335 e. The van der Waals surface area contributed by atoms with E-state index in [2.05, 4.69) is 157 Å². The van der Waals surface area contributed by atoms with Crippen LogP contribution in [-0.4, -0.2) is 6.66 Å². The first-order valence-corrected chi connectivity index (χ1v) is 18.1. The van der Waals surface area contributed by atoms with Crippen molar-refractivity contribution in [3.63, 3.8) is 0 Å². The summed E-state index contributed by atoms with van der Waals surface area (Å²) in [6, 6.07) is 52.9. The summed E-state index contributed by atoms with van der Waals surface area (Å²) < 4.78 is 17.4. The monoisotopic (exact) mass is 550 g/mol. The van der Waals surface area contributed by atoms with Gasteiger partial charge < -0.3 is 5.09 Å². The molecule has 0 aliphatic carbocycles. The maximum absolute atomic E-state index is 5.94. The van der Waals surface area contributed by atoms with Gasteiger partial charge in [0.05, 0.1) is 0 Å². The number of benzene rings is 5. The van der Waals surface area contributed by atoms with Crippen molar-refractivity contribution in [2.24, 2.45) is 13.5 Å². The lowest BCUT2D eigenvalue weighted by atomic mass is 10.3. The molecule has 38 heavy (non-hydrogen) atoms. The van der Waals surface area contributed by atoms with E-state index in [1.54, 1.807) is 0 Å². The average Bonchev–Trinajstić information content (AvgIpc) is 2.99. The molecule has 1 atom stereocenters. The minimum atomic E-state index is -2.61. The molecule has 6 rings (SSSR count). The molecule has 1 N–H and O–H groups in total. The second-order valence-corrected chi connectivity index (χ2v) is 17.9. The molecule has 1 unspecified atom stereocenters. The number of hydrogen-bond acceptors (Lipinski definition) is 4. The predicted molar refractivity (Wildman–Crippen MR) is 168 cm³/mol. The van der Waals surface area contributed by atoms with Gasteiger partial charge in [-0.25, -0.2) is 13.5 Å². The summed E-state index contributed by atoms with van der Waals surface area (Å²) in [5, 5.41) is 8.42. The molecule has 0 amide bonds. The fourth-order valence-corrected chi connectivity index (χ4v) is 19.0. The van der Waals surface area contributed by atoms with Gasteiger partial charge in [-0.2, -0.15) is 0 Å². The summed E-state index contributed by atoms with van der Waals surface area (Å²) in [7, 11) is -7.71. The van der Waals surface area contributed by atoms with Crippen LogP contribution in [0.3, 0.4) is 0 Å². The van der Waals surface area contributed by atoms with Crippen LogP contribution in [0.15, 0.2) is 165 Å². The van der Waals surface area contributed by atoms with E-state index in [1.807, 2.05) is 6.07 Å². The first-order valence-electron chi connectivity index (χ1n) is 12.6. The lowest BCUT2D eigenvalue weighted by Gasteiger charge is -2.37. The van der Waals surface area contributed by atoms with Crippen LogP contribution >= 0.6 is 21.8 Å². The zero-order valence-electron chi connectivity index (χ0n) is 21.1. The molecule has 0 saturated carbocycles. The third-order valence-electron chi connectivity index (χ3n) is 6.45. The number of hydrogen-bond donors (Lipinski definition) is 1. The van der Waals surface area contributed by atoms with Crippen molar-refractivity contribution in [3.8, 4) is 0 Å². The molecule has 0 radical (unpaired) electrons. The maximum Gasteiger partial charge on any atom is 0.164 e. The molecule has 0 bridgehead atoms. The van der Waals surface area contributed by atoms with Crippen molar-refractivity contribution < 1.29 is 0 Å². The van der Waals surface area contributed by atoms with Gasteiger partial charge in [-0.15, -0.1) is 0 Å². The molecule has 0 fully saturated rings. The van der Waals surface area contributed by atoms with E-state index in [0.717, 1.165) is 26.9 Å². The lowest BCUT2D eigenvalue weighted by Crippen LogP contribution is -2.21. The molecule has 0 aromatic heterocycles. The normalized spacial score (nSPS) is 19.3. The zero-order chi connectivity index (χ0) is 25.9. The fraction of sp³-hybridized carbons (Fsp3) is 0.0323. The van der Waals surface area contributed by atoms with E-state index in [0.29, 0.717) is 0 Å². The van der Waals surface area contributed by atoms with Crippen molar-refractivity contribution in [1.29, 1.82) is 0 Å². The molecule has 5 aromatic rings. The third-order valence-corrected chi connectivity index (χ3v) is 18.1. The SMILES string of the molecule is CP1(Nc2ccccc2)=NP(c2ccccc2)(c2ccccc2)=NP(c2ccccc2)(c2ccccc2)=N1. The summed E-state index contributed by atoms with van der Waals surface area (Å²) in [6.45, 7) is 2.20. The van der Waals surface area contributed by atoms with Crippen LogP contribution in [0.5, 0.6) is 0 Å². The van der Waals surface area contributed by atoms with Gasteiger partial charge in [0.15, 0.2) is 7.36 Å². The number of para-hydroxylation sites is 1. The van der Waals surface area contributed by atoms with Gasteiger partial charge in [0.1, 0.15) is 14.4 Å². The van der Waals surface area contributed by atoms with Crippen LogP contribution in [0, 0.1) is 0 Å². The Kier molecular flexibility index (Phi) is 6.81. The maximum atomic E-state index is 5.94. The van der Waals surface area contributed by atoms with Crippen LogP contribution in [0.4, 0.5) is 5.69 Å². The zero-order valence-corrected chi connectivity index (χ0v) is 23.8. The van der Waals surface area contributed by atoms with Gasteiger partial charge in [-0.1, -0.05) is 140 Å². The molecule has 188 valence electrons. The Balaban J connectivity index is 1.80. The molecular weight excluding hydrogens is 521 g/mol. The molecule has 1 aliphatic rings. The molecule has 7 heteroatoms. The highest BCUT2D eigenvalue weighted by molar-refractivity contribution is 7.97. The van der Waals surface area contributed by atoms with Gasteiger partial charge in [0.25, 0.3) is 0 Å². The van der Waals surface area contributed by atoms with E-state index >= 15 is 0 Å². The van der Waals surface area contributed by atoms with E-state index in [-0.39, 0.29) is 0 Å². The predicted octanol–water partition coefficient (Wildman–Crippen LogP) is 8.31. The van der Waals surface area contributed by atoms with Crippen molar-refractivity contribution in [1.82, 2.24) is 0 Å². The van der Waals surface area contributed by atoms with E-state index in [1.165, 1.54) is 0 Å². The highest BCUT2D eigenvalue weighted by Crippen LogP contribution is 2.75. The molecule has 0 spiro atoms. The van der Waals surface area contributed by atoms with Crippen molar-refractivity contribution in [2.45, 2.75) is 0 Å². The Morgan fingerprint density at radius 2 is 0.711 bits per heavy atom. The van der Waals surface area contributed by atoms with Crippen LogP contribution in [0.25, 0.3) is 0 Å². The van der Waals surface area contributed by atoms with Crippen molar-refractivity contribution in [3.05, 3.63) is 152 Å². The number of nitrogens with one attached hydrogen (secondary N) is 1. The van der Waals surface area contributed by atoms with Crippen LogP contribution in [0.2, 0.25) is 0 Å². The number of nitrogens with zero attached hydrogens (tertiary/aromatic N) is 3. The Morgan fingerprint density at radius 1 is 0.395 bits per heavy atom. The van der Waals surface area contributed by atoms with Crippen LogP contribution in [-0.2, 0) is 0 Å². The number of anilines is 1. The standard InChI is InChI=1S/C31H29N4P3/c1-36(32-27-17-7-2-8-18-27)33-37(28-19-9-3-10-20-28,29-21-11-4-12-22-29)35-38(34-36,30-23-13-5-14-24-30)31-25-15-6-16-26-31/h2-26,32H,1H3. The third kappa shape index (κ3) is 4.65. The molecule has 5 aromatic carbocycles. The highest BCUT2D eigenvalue weighted by atomic mass is 31.3. The molecule has 4 nitrogen and oxygen atoms in total. The fourth-order valence-electron chi connectivity index (χ4n) is 4.80. The van der Waals surface area contributed by atoms with Gasteiger partial charge in [0.2, 0.25) is 0 Å². The lowest BCUT2D eigenvalue weighted by molar-refractivity contribution is 1.58. The average molecular weight is 551 g/mol. The topological polar surface area (TPSA) is 49.1 Å². The van der Waals surface area contributed by atoms with Gasteiger partial charge >= 0.3 is 0 Å². The quantitative estimate of drug-likeness (QED) is 0.213. The van der Waals surface area contributed by atoms with Gasteiger partial charge in [-0.3, -0.25) is 0 Å². The number of rotatable bonds is 6. The van der Waals surface area contributed by atoms with E-state index in [9.17, 15) is 0 Å². The summed E-state index contributed by atoms with van der Waals surface area (Å²) in [4.78, 5) is 0. The minimum Gasteiger partial charge on any atom is -0.335 e. The van der Waals surface area contributed by atoms with Gasteiger partial charge in [0, 0.05) is 33.6 Å². The van der Waals surface area contributed by atoms with Crippen LogP contribution in [0.1, 0.15) is 0 Å². The summed E-state index contributed by atoms with van der Waals surface area (Å²) in [5.41, 5.74) is 1.02. The minimum absolute atomic E-state index is 1.02. The Bertz CT molecular complexity index is 1540. The van der Waals surface area contributed by atoms with Crippen molar-refractivity contribution in [2.75, 3.05) is 11.8 Å². The first-order chi connectivity index (χ1) is 18.6. The second kappa shape index (κ2) is 10.4. The van der Waals surface area contributed by atoms with E-state index < -0.39 is 21.8 Å². The highest BCUT2D eigenvalue weighted by Gasteiger charge is 2.39.